The van der Waals surface area contributed by atoms with Crippen LogP contribution in [0, 0.1) is 23.7 Å². The Kier molecular flexibility index (Phi) is 6.16. The van der Waals surface area contributed by atoms with Crippen LogP contribution >= 0.6 is 23.4 Å². The molecular formula is C21H25ClN6OS. The molecule has 1 saturated heterocycles. The normalized spacial score (nSPS) is 20.5. The zero-order valence-electron chi connectivity index (χ0n) is 16.9. The fourth-order valence-corrected chi connectivity index (χ4v) is 5.76. The van der Waals surface area contributed by atoms with E-state index in [4.69, 9.17) is 27.6 Å². The van der Waals surface area contributed by atoms with E-state index in [0.29, 0.717) is 26.7 Å². The van der Waals surface area contributed by atoms with E-state index >= 15 is 0 Å². The molecule has 1 aliphatic carbocycles. The molecular weight excluding hydrogens is 420 g/mol. The molecule has 1 spiro atoms. The van der Waals surface area contributed by atoms with Crippen LogP contribution < -0.4 is 10.6 Å². The van der Waals surface area contributed by atoms with E-state index in [-0.39, 0.29) is 17.7 Å². The molecule has 9 heteroatoms. The Balaban J connectivity index is 1.57. The predicted octanol–water partition coefficient (Wildman–Crippen LogP) is 3.45. The average Bonchev–Trinajstić information content (AvgIpc) is 3.10. The number of nitrogens with zero attached hydrogens (tertiary/aromatic N) is 5. The van der Waals surface area contributed by atoms with Crippen LogP contribution in [-0.4, -0.2) is 39.2 Å². The van der Waals surface area contributed by atoms with Crippen LogP contribution in [-0.2, 0) is 6.61 Å². The number of hydrogen-bond acceptors (Lipinski definition) is 8. The summed E-state index contributed by atoms with van der Waals surface area (Å²) in [5.41, 5.74) is 8.17. The number of aliphatic hydroxyl groups is 1. The molecule has 30 heavy (non-hydrogen) atoms. The maximum atomic E-state index is 9.98. The number of nitrogens with two attached hydrogens (primary N) is 1. The molecule has 3 heterocycles. The van der Waals surface area contributed by atoms with E-state index in [1.807, 2.05) is 13.0 Å². The molecule has 1 saturated carbocycles. The summed E-state index contributed by atoms with van der Waals surface area (Å²) in [7, 11) is 0. The summed E-state index contributed by atoms with van der Waals surface area (Å²) >= 11 is 7.62. The molecule has 1 aliphatic heterocycles. The smallest absolute Gasteiger partial charge is 0.160 e. The van der Waals surface area contributed by atoms with Gasteiger partial charge in [0, 0.05) is 30.2 Å². The highest BCUT2D eigenvalue weighted by atomic mass is 35.5. The molecule has 0 bridgehead atoms. The second kappa shape index (κ2) is 8.67. The highest BCUT2D eigenvalue weighted by molar-refractivity contribution is 7.99. The number of nitriles is 1. The molecule has 7 nitrogen and oxygen atoms in total. The average molecular weight is 445 g/mol. The number of rotatable bonds is 4. The number of anilines is 1. The summed E-state index contributed by atoms with van der Waals surface area (Å²) in [6.07, 6.45) is 7.22. The minimum atomic E-state index is -0.190. The Morgan fingerprint density at radius 3 is 2.77 bits per heavy atom. The first-order valence-electron chi connectivity index (χ1n) is 10.2. The van der Waals surface area contributed by atoms with Crippen molar-refractivity contribution in [1.82, 2.24) is 15.0 Å². The van der Waals surface area contributed by atoms with Crippen molar-refractivity contribution < 1.29 is 5.11 Å². The van der Waals surface area contributed by atoms with E-state index in [9.17, 15) is 5.11 Å². The Morgan fingerprint density at radius 1 is 1.37 bits per heavy atom. The third kappa shape index (κ3) is 3.87. The monoisotopic (exact) mass is 444 g/mol. The molecule has 0 amide bonds. The third-order valence-electron chi connectivity index (χ3n) is 6.43. The molecule has 2 aromatic rings. The molecule has 2 fully saturated rings. The van der Waals surface area contributed by atoms with Crippen LogP contribution in [0.25, 0.3) is 0 Å². The maximum absolute atomic E-state index is 9.98. The minimum Gasteiger partial charge on any atom is -0.390 e. The number of aliphatic hydroxyl groups excluding tert-OH is 1. The van der Waals surface area contributed by atoms with E-state index in [1.54, 1.807) is 12.3 Å². The van der Waals surface area contributed by atoms with Crippen molar-refractivity contribution in [2.45, 2.75) is 61.6 Å². The van der Waals surface area contributed by atoms with Crippen molar-refractivity contribution in [2.24, 2.45) is 11.1 Å². The Bertz CT molecular complexity index is 986. The zero-order valence-corrected chi connectivity index (χ0v) is 18.5. The lowest BCUT2D eigenvalue weighted by Gasteiger charge is -2.42. The van der Waals surface area contributed by atoms with Crippen LogP contribution in [0.1, 0.15) is 49.2 Å². The lowest BCUT2D eigenvalue weighted by Crippen LogP contribution is -2.47. The SMILES string of the molecule is Cc1nc(N2CCC3(CCC[C@H]3N)CC2)c(CO)nc1Sc1ccnc(C#N)c1Cl. The predicted molar refractivity (Wildman–Crippen MR) is 116 cm³/mol. The highest BCUT2D eigenvalue weighted by Gasteiger charge is 2.43. The van der Waals surface area contributed by atoms with Crippen LogP contribution in [0.5, 0.6) is 0 Å². The lowest BCUT2D eigenvalue weighted by molar-refractivity contribution is 0.196. The molecule has 2 aromatic heterocycles. The first-order chi connectivity index (χ1) is 14.5. The Labute approximate surface area is 185 Å². The number of aryl methyl sites for hydroxylation is 1. The van der Waals surface area contributed by atoms with Gasteiger partial charge in [0.1, 0.15) is 16.8 Å². The van der Waals surface area contributed by atoms with E-state index in [1.165, 1.54) is 24.6 Å². The van der Waals surface area contributed by atoms with Gasteiger partial charge in [0.2, 0.25) is 0 Å². The summed E-state index contributed by atoms with van der Waals surface area (Å²) in [5, 5.41) is 20.1. The summed E-state index contributed by atoms with van der Waals surface area (Å²) < 4.78 is 0. The third-order valence-corrected chi connectivity index (χ3v) is 8.06. The topological polar surface area (TPSA) is 112 Å². The van der Waals surface area contributed by atoms with Crippen molar-refractivity contribution in [3.63, 3.8) is 0 Å². The molecule has 0 radical (unpaired) electrons. The summed E-state index contributed by atoms with van der Waals surface area (Å²) in [5.74, 6) is 0.749. The zero-order chi connectivity index (χ0) is 21.3. The number of aromatic nitrogens is 3. The maximum Gasteiger partial charge on any atom is 0.160 e. The van der Waals surface area contributed by atoms with E-state index < -0.39 is 0 Å². The second-order valence-corrected chi connectivity index (χ2v) is 9.48. The van der Waals surface area contributed by atoms with Crippen molar-refractivity contribution in [2.75, 3.05) is 18.0 Å². The van der Waals surface area contributed by atoms with Crippen molar-refractivity contribution in [3.05, 3.63) is 34.4 Å². The van der Waals surface area contributed by atoms with Gasteiger partial charge in [-0.25, -0.2) is 15.0 Å². The molecule has 158 valence electrons. The van der Waals surface area contributed by atoms with E-state index in [0.717, 1.165) is 43.9 Å². The van der Waals surface area contributed by atoms with Crippen molar-refractivity contribution >= 4 is 29.2 Å². The Hall–Kier alpha value is -1.92. The van der Waals surface area contributed by atoms with Crippen LogP contribution in [0.4, 0.5) is 5.82 Å². The van der Waals surface area contributed by atoms with Crippen molar-refractivity contribution in [3.8, 4) is 6.07 Å². The largest absolute Gasteiger partial charge is 0.390 e. The van der Waals surface area contributed by atoms with E-state index in [2.05, 4.69) is 14.9 Å². The van der Waals surface area contributed by atoms with Gasteiger partial charge in [-0.05, 0) is 44.1 Å². The van der Waals surface area contributed by atoms with Gasteiger partial charge in [-0.3, -0.25) is 0 Å². The standard InChI is InChI=1S/C21H25ClN6OS/c1-13-20(30-16-4-8-25-14(11-23)18(16)22)27-15(12-29)19(26-13)28-9-6-21(7-10-28)5-2-3-17(21)24/h4,8,17,29H,2-3,5-7,9-10,12,24H2,1H3/t17-/m1/s1. The van der Waals surface area contributed by atoms with Crippen molar-refractivity contribution in [1.29, 1.82) is 5.26 Å². The first kappa shape index (κ1) is 21.3. The first-order valence-corrected chi connectivity index (χ1v) is 11.4. The second-order valence-electron chi connectivity index (χ2n) is 8.08. The van der Waals surface area contributed by atoms with Crippen LogP contribution in [0.3, 0.4) is 0 Å². The van der Waals surface area contributed by atoms with Gasteiger partial charge in [-0.1, -0.05) is 29.8 Å². The van der Waals surface area contributed by atoms with Crippen LogP contribution in [0.2, 0.25) is 5.02 Å². The van der Waals surface area contributed by atoms with Gasteiger partial charge in [-0.15, -0.1) is 0 Å². The molecule has 2 aliphatic rings. The number of halogens is 1. The quantitative estimate of drug-likeness (QED) is 0.737. The van der Waals surface area contributed by atoms with Gasteiger partial charge in [0.05, 0.1) is 17.3 Å². The summed E-state index contributed by atoms with van der Waals surface area (Å²) in [6.45, 7) is 3.47. The summed E-state index contributed by atoms with van der Waals surface area (Å²) in [6, 6.07) is 4.03. The van der Waals surface area contributed by atoms with Gasteiger partial charge in [-0.2, -0.15) is 5.26 Å². The lowest BCUT2D eigenvalue weighted by atomic mass is 9.74. The van der Waals surface area contributed by atoms with Gasteiger partial charge < -0.3 is 15.7 Å². The fraction of sp³-hybridized carbons (Fsp3) is 0.524. The fourth-order valence-electron chi connectivity index (χ4n) is 4.62. The van der Waals surface area contributed by atoms with Crippen LogP contribution in [0.15, 0.2) is 22.2 Å². The molecule has 0 unspecified atom stereocenters. The molecule has 3 N–H and O–H groups in total. The highest BCUT2D eigenvalue weighted by Crippen LogP contribution is 2.46. The van der Waals surface area contributed by atoms with Gasteiger partial charge >= 0.3 is 0 Å². The van der Waals surface area contributed by atoms with Gasteiger partial charge in [0.15, 0.2) is 11.5 Å². The number of piperidine rings is 1. The number of pyridine rings is 1. The Morgan fingerprint density at radius 2 is 2.13 bits per heavy atom. The summed E-state index contributed by atoms with van der Waals surface area (Å²) in [4.78, 5) is 16.4. The van der Waals surface area contributed by atoms with Gasteiger partial charge in [0.25, 0.3) is 0 Å². The molecule has 4 rings (SSSR count). The molecule has 1 atom stereocenters. The molecule has 0 aromatic carbocycles. The number of hydrogen-bond donors (Lipinski definition) is 2. The minimum absolute atomic E-state index is 0.179.